The van der Waals surface area contributed by atoms with Crippen LogP contribution in [0.1, 0.15) is 16.8 Å². The molecule has 5 nitrogen and oxygen atoms in total. The molecule has 0 unspecified atom stereocenters. The number of carbonyl (C=O) groups excluding carboxylic acids is 1. The summed E-state index contributed by atoms with van der Waals surface area (Å²) in [5, 5.41) is 2.66. The van der Waals surface area contributed by atoms with Crippen LogP contribution < -0.4 is 10.2 Å². The molecule has 2 aromatic heterocycles. The Kier molecular flexibility index (Phi) is 4.61. The second-order valence-corrected chi connectivity index (χ2v) is 6.50. The smallest absolute Gasteiger partial charge is 0.266 e. The van der Waals surface area contributed by atoms with Gasteiger partial charge in [0.05, 0.1) is 17.8 Å². The van der Waals surface area contributed by atoms with Crippen molar-refractivity contribution in [3.8, 4) is 0 Å². The third kappa shape index (κ3) is 3.60. The van der Waals surface area contributed by atoms with Gasteiger partial charge in [0.2, 0.25) is 5.95 Å². The van der Waals surface area contributed by atoms with E-state index in [4.69, 9.17) is 0 Å². The minimum atomic E-state index is -2.77. The van der Waals surface area contributed by atoms with E-state index in [1.165, 1.54) is 17.2 Å². The van der Waals surface area contributed by atoms with Crippen LogP contribution in [0.15, 0.2) is 30.6 Å². The number of nitrogens with one attached hydrogen (secondary N) is 1. The van der Waals surface area contributed by atoms with Gasteiger partial charge >= 0.3 is 0 Å². The first-order chi connectivity index (χ1) is 11.4. The molecule has 3 rings (SSSR count). The highest BCUT2D eigenvalue weighted by Crippen LogP contribution is 2.35. The van der Waals surface area contributed by atoms with Gasteiger partial charge in [-0.25, -0.2) is 18.7 Å². The van der Waals surface area contributed by atoms with Crippen LogP contribution >= 0.6 is 22.6 Å². The number of anilines is 2. The molecular weight excluding hydrogens is 436 g/mol. The molecule has 0 spiro atoms. The minimum absolute atomic E-state index is 0.154. The zero-order valence-electron chi connectivity index (χ0n) is 12.3. The Labute approximate surface area is 149 Å². The summed E-state index contributed by atoms with van der Waals surface area (Å²) in [6.07, 6.45) is 2.36. The molecule has 0 aliphatic carbocycles. The third-order valence-corrected chi connectivity index (χ3v) is 4.48. The predicted molar refractivity (Wildman–Crippen MR) is 90.9 cm³/mol. The molecule has 24 heavy (non-hydrogen) atoms. The van der Waals surface area contributed by atoms with Crippen LogP contribution in [0.2, 0.25) is 0 Å². The molecule has 1 aliphatic heterocycles. The van der Waals surface area contributed by atoms with E-state index in [2.05, 4.69) is 15.3 Å². The van der Waals surface area contributed by atoms with E-state index >= 15 is 0 Å². The van der Waals surface area contributed by atoms with Gasteiger partial charge in [-0.2, -0.15) is 4.39 Å². The van der Waals surface area contributed by atoms with Crippen molar-refractivity contribution in [2.24, 2.45) is 0 Å². The molecule has 3 heterocycles. The molecule has 0 aromatic carbocycles. The molecule has 9 heteroatoms. The molecule has 1 aliphatic rings. The van der Waals surface area contributed by atoms with E-state index < -0.39 is 24.3 Å². The Morgan fingerprint density at radius 3 is 2.71 bits per heavy atom. The van der Waals surface area contributed by atoms with E-state index in [1.54, 1.807) is 6.07 Å². The summed E-state index contributed by atoms with van der Waals surface area (Å²) in [7, 11) is 0. The van der Waals surface area contributed by atoms with Crippen LogP contribution in [0.3, 0.4) is 0 Å². The van der Waals surface area contributed by atoms with Crippen LogP contribution in [0.5, 0.6) is 0 Å². The van der Waals surface area contributed by atoms with Crippen molar-refractivity contribution in [2.75, 3.05) is 23.3 Å². The molecule has 0 saturated carbocycles. The fraction of sp³-hybridized carbons (Fsp3) is 0.267. The van der Waals surface area contributed by atoms with Crippen molar-refractivity contribution in [3.63, 3.8) is 0 Å². The van der Waals surface area contributed by atoms with Gasteiger partial charge in [0.15, 0.2) is 5.82 Å². The van der Waals surface area contributed by atoms with E-state index in [1.807, 2.05) is 22.6 Å². The van der Waals surface area contributed by atoms with Crippen molar-refractivity contribution in [2.45, 2.75) is 12.3 Å². The Morgan fingerprint density at radius 2 is 2.08 bits per heavy atom. The molecule has 0 bridgehead atoms. The third-order valence-electron chi connectivity index (χ3n) is 3.58. The fourth-order valence-electron chi connectivity index (χ4n) is 2.40. The topological polar surface area (TPSA) is 58.1 Å². The van der Waals surface area contributed by atoms with Gasteiger partial charge in [-0.15, -0.1) is 0 Å². The lowest BCUT2D eigenvalue weighted by Crippen LogP contribution is -2.27. The Morgan fingerprint density at radius 1 is 1.29 bits per heavy atom. The summed E-state index contributed by atoms with van der Waals surface area (Å²) in [6, 6.07) is 4.03. The Bertz CT molecular complexity index is 770. The van der Waals surface area contributed by atoms with Crippen LogP contribution in [-0.4, -0.2) is 34.9 Å². The SMILES string of the molecule is O=C(Nc1c(I)ccnc1N1CCC(F)(F)C1)c1ccc(F)nc1. The molecule has 1 saturated heterocycles. The largest absolute Gasteiger partial charge is 0.349 e. The summed E-state index contributed by atoms with van der Waals surface area (Å²) in [4.78, 5) is 21.3. The molecule has 2 aromatic rings. The van der Waals surface area contributed by atoms with Gasteiger partial charge in [-0.3, -0.25) is 4.79 Å². The summed E-state index contributed by atoms with van der Waals surface area (Å²) < 4.78 is 40.5. The lowest BCUT2D eigenvalue weighted by molar-refractivity contribution is 0.0257. The molecule has 126 valence electrons. The van der Waals surface area contributed by atoms with E-state index in [9.17, 15) is 18.0 Å². The molecular formula is C15H12F3IN4O. The lowest BCUT2D eigenvalue weighted by Gasteiger charge is -2.21. The van der Waals surface area contributed by atoms with Crippen molar-refractivity contribution >= 4 is 40.0 Å². The lowest BCUT2D eigenvalue weighted by atomic mass is 10.2. The number of pyridine rings is 2. The number of hydrogen-bond donors (Lipinski definition) is 1. The fourth-order valence-corrected chi connectivity index (χ4v) is 2.93. The number of halogens is 4. The van der Waals surface area contributed by atoms with Gasteiger partial charge in [-0.1, -0.05) is 0 Å². The number of aromatic nitrogens is 2. The first kappa shape index (κ1) is 16.9. The van der Waals surface area contributed by atoms with Crippen LogP contribution in [0.4, 0.5) is 24.7 Å². The van der Waals surface area contributed by atoms with Crippen molar-refractivity contribution in [1.29, 1.82) is 0 Å². The van der Waals surface area contributed by atoms with Crippen molar-refractivity contribution in [1.82, 2.24) is 9.97 Å². The predicted octanol–water partition coefficient (Wildman–Crippen LogP) is 3.32. The summed E-state index contributed by atoms with van der Waals surface area (Å²) >= 11 is 1.99. The molecule has 1 amide bonds. The van der Waals surface area contributed by atoms with Crippen LogP contribution in [0, 0.1) is 9.52 Å². The van der Waals surface area contributed by atoms with Crippen LogP contribution in [0.25, 0.3) is 0 Å². The number of carbonyl (C=O) groups is 1. The monoisotopic (exact) mass is 448 g/mol. The highest BCUT2D eigenvalue weighted by Gasteiger charge is 2.39. The maximum absolute atomic E-state index is 13.5. The average molecular weight is 448 g/mol. The number of rotatable bonds is 3. The Balaban J connectivity index is 1.88. The summed E-state index contributed by atoms with van der Waals surface area (Å²) in [5.41, 5.74) is 0.513. The van der Waals surface area contributed by atoms with E-state index in [0.717, 1.165) is 12.3 Å². The second-order valence-electron chi connectivity index (χ2n) is 5.34. The summed E-state index contributed by atoms with van der Waals surface area (Å²) in [6.45, 7) is -0.290. The second kappa shape index (κ2) is 6.54. The molecule has 1 N–H and O–H groups in total. The summed E-state index contributed by atoms with van der Waals surface area (Å²) in [5.74, 6) is -3.68. The van der Waals surface area contributed by atoms with Gasteiger partial charge in [0.1, 0.15) is 0 Å². The van der Waals surface area contributed by atoms with Crippen molar-refractivity contribution < 1.29 is 18.0 Å². The maximum Gasteiger partial charge on any atom is 0.266 e. The normalized spacial score (nSPS) is 16.2. The van der Waals surface area contributed by atoms with E-state index in [-0.39, 0.29) is 18.5 Å². The molecule has 0 radical (unpaired) electrons. The first-order valence-corrected chi connectivity index (χ1v) is 8.14. The molecule has 1 fully saturated rings. The van der Waals surface area contributed by atoms with Gasteiger partial charge in [0.25, 0.3) is 11.8 Å². The quantitative estimate of drug-likeness (QED) is 0.579. The highest BCUT2D eigenvalue weighted by molar-refractivity contribution is 14.1. The van der Waals surface area contributed by atoms with Crippen molar-refractivity contribution in [3.05, 3.63) is 45.7 Å². The van der Waals surface area contributed by atoms with Gasteiger partial charge in [0, 0.05) is 28.9 Å². The minimum Gasteiger partial charge on any atom is -0.349 e. The van der Waals surface area contributed by atoms with E-state index in [0.29, 0.717) is 15.1 Å². The standard InChI is InChI=1S/C15H12F3IN4O/c16-11-2-1-9(7-21-11)14(24)22-12-10(19)3-5-20-13(12)23-6-4-15(17,18)8-23/h1-3,5,7H,4,6,8H2,(H,22,24). The highest BCUT2D eigenvalue weighted by atomic mass is 127. The number of alkyl halides is 2. The number of nitrogens with zero attached hydrogens (tertiary/aromatic N) is 3. The average Bonchev–Trinajstić information content (AvgIpc) is 2.90. The number of amides is 1. The first-order valence-electron chi connectivity index (χ1n) is 7.06. The van der Waals surface area contributed by atoms with Gasteiger partial charge < -0.3 is 10.2 Å². The van der Waals surface area contributed by atoms with Crippen LogP contribution in [-0.2, 0) is 0 Å². The zero-order valence-corrected chi connectivity index (χ0v) is 14.4. The Hall–Kier alpha value is -1.91. The molecule has 0 atom stereocenters. The number of hydrogen-bond acceptors (Lipinski definition) is 4. The maximum atomic E-state index is 13.5. The van der Waals surface area contributed by atoms with Gasteiger partial charge in [-0.05, 0) is 40.8 Å². The zero-order chi connectivity index (χ0) is 17.3.